The van der Waals surface area contributed by atoms with Crippen LogP contribution in [0.1, 0.15) is 0 Å². The van der Waals surface area contributed by atoms with Gasteiger partial charge in [0.05, 0.1) is 19.1 Å². The second kappa shape index (κ2) is 7.50. The third-order valence-corrected chi connectivity index (χ3v) is 5.04. The summed E-state index contributed by atoms with van der Waals surface area (Å²) >= 11 is 0. The molecule has 9 heteroatoms. The molecule has 0 radical (unpaired) electrons. The summed E-state index contributed by atoms with van der Waals surface area (Å²) in [7, 11) is -1.02. The normalized spacial score (nSPS) is 11.0. The number of aromatic nitrogens is 2. The van der Waals surface area contributed by atoms with Crippen molar-refractivity contribution in [1.29, 1.82) is 0 Å². The molecule has 3 rings (SSSR count). The van der Waals surface area contributed by atoms with E-state index in [4.69, 9.17) is 15.2 Å². The largest absolute Gasteiger partial charge is 0.490 e. The fourth-order valence-corrected chi connectivity index (χ4v) is 3.36. The number of nitrogen functional groups attached to an aromatic ring is 1. The predicted molar refractivity (Wildman–Crippen MR) is 102 cm³/mol. The summed E-state index contributed by atoms with van der Waals surface area (Å²) in [5.41, 5.74) is 7.19. The number of nitrogens with one attached hydrogen (secondary N) is 1. The van der Waals surface area contributed by atoms with Crippen molar-refractivity contribution < 1.29 is 17.9 Å². The van der Waals surface area contributed by atoms with Gasteiger partial charge < -0.3 is 15.2 Å². The Morgan fingerprint density at radius 1 is 0.926 bits per heavy atom. The maximum absolute atomic E-state index is 12.6. The van der Waals surface area contributed by atoms with Crippen LogP contribution in [0.2, 0.25) is 0 Å². The number of hydrogen-bond donors (Lipinski definition) is 2. The molecule has 0 saturated carbocycles. The molecule has 1 heterocycles. The van der Waals surface area contributed by atoms with E-state index in [2.05, 4.69) is 14.7 Å². The third kappa shape index (κ3) is 3.93. The summed E-state index contributed by atoms with van der Waals surface area (Å²) in [5.74, 6) is 0.281. The second-order valence-corrected chi connectivity index (χ2v) is 7.16. The van der Waals surface area contributed by atoms with E-state index in [9.17, 15) is 8.42 Å². The molecule has 0 bridgehead atoms. The molecule has 0 unspecified atom stereocenters. The number of nitrogens with zero attached hydrogens (tertiary/aromatic N) is 2. The Hall–Kier alpha value is -3.33. The van der Waals surface area contributed by atoms with Crippen LogP contribution in [0, 0.1) is 0 Å². The minimum Gasteiger partial charge on any atom is -0.490 e. The monoisotopic (exact) mass is 386 g/mol. The number of benzene rings is 2. The lowest BCUT2D eigenvalue weighted by molar-refractivity contribution is 0.343. The first kappa shape index (κ1) is 18.5. The van der Waals surface area contributed by atoms with Crippen LogP contribution in [0.3, 0.4) is 0 Å². The van der Waals surface area contributed by atoms with Crippen LogP contribution in [0.25, 0.3) is 11.3 Å². The van der Waals surface area contributed by atoms with Crippen molar-refractivity contribution in [3.8, 4) is 22.9 Å². The van der Waals surface area contributed by atoms with Crippen molar-refractivity contribution >= 4 is 21.7 Å². The van der Waals surface area contributed by atoms with Crippen molar-refractivity contribution in [2.24, 2.45) is 0 Å². The van der Waals surface area contributed by atoms with Crippen LogP contribution in [-0.4, -0.2) is 32.6 Å². The number of methoxy groups -OCH3 is 2. The molecule has 0 saturated heterocycles. The van der Waals surface area contributed by atoms with Gasteiger partial charge in [0.2, 0.25) is 11.7 Å². The van der Waals surface area contributed by atoms with Gasteiger partial charge in [-0.25, -0.2) is 18.1 Å². The molecule has 3 N–H and O–H groups in total. The lowest BCUT2D eigenvalue weighted by atomic mass is 10.1. The van der Waals surface area contributed by atoms with Gasteiger partial charge in [0.1, 0.15) is 5.69 Å². The molecular weight excluding hydrogens is 368 g/mol. The molecule has 0 atom stereocenters. The summed E-state index contributed by atoms with van der Waals surface area (Å²) in [5, 5.41) is 0. The van der Waals surface area contributed by atoms with E-state index in [0.717, 1.165) is 5.56 Å². The molecule has 3 aromatic rings. The molecule has 27 heavy (non-hydrogen) atoms. The zero-order valence-electron chi connectivity index (χ0n) is 14.7. The van der Waals surface area contributed by atoms with Crippen LogP contribution in [0.5, 0.6) is 11.6 Å². The summed E-state index contributed by atoms with van der Waals surface area (Å²) in [4.78, 5) is 8.46. The molecule has 0 aliphatic heterocycles. The minimum atomic E-state index is -3.90. The first-order valence-electron chi connectivity index (χ1n) is 7.88. The van der Waals surface area contributed by atoms with Crippen LogP contribution >= 0.6 is 0 Å². The number of anilines is 2. The van der Waals surface area contributed by atoms with E-state index in [-0.39, 0.29) is 16.7 Å². The highest BCUT2D eigenvalue weighted by Crippen LogP contribution is 2.36. The lowest BCUT2D eigenvalue weighted by Crippen LogP contribution is -2.16. The summed E-state index contributed by atoms with van der Waals surface area (Å²) in [6, 6.07) is 15.0. The highest BCUT2D eigenvalue weighted by molar-refractivity contribution is 7.92. The maximum Gasteiger partial charge on any atom is 0.264 e. The smallest absolute Gasteiger partial charge is 0.264 e. The quantitative estimate of drug-likeness (QED) is 0.625. The van der Waals surface area contributed by atoms with Gasteiger partial charge in [-0.2, -0.15) is 4.98 Å². The van der Waals surface area contributed by atoms with Gasteiger partial charge in [0, 0.05) is 11.3 Å². The number of ether oxygens (including phenoxy) is 2. The highest BCUT2D eigenvalue weighted by atomic mass is 32.2. The van der Waals surface area contributed by atoms with Crippen LogP contribution in [0.15, 0.2) is 59.5 Å². The Morgan fingerprint density at radius 3 is 2.19 bits per heavy atom. The fraction of sp³-hybridized carbons (Fsp3) is 0.111. The van der Waals surface area contributed by atoms with Gasteiger partial charge in [-0.15, -0.1) is 0 Å². The standard InChI is InChI=1S/C18H18N4O4S/c1-25-16-15(12-6-4-3-5-7-12)20-18(21-17(16)26-2)22-27(23,24)14-10-8-13(19)9-11-14/h3-11H,19H2,1-2H3,(H,20,21,22). The molecule has 2 aromatic carbocycles. The van der Waals surface area contributed by atoms with Gasteiger partial charge in [-0.3, -0.25) is 0 Å². The van der Waals surface area contributed by atoms with E-state index in [0.29, 0.717) is 17.1 Å². The van der Waals surface area contributed by atoms with Crippen molar-refractivity contribution in [3.05, 3.63) is 54.6 Å². The van der Waals surface area contributed by atoms with Crippen LogP contribution in [0.4, 0.5) is 11.6 Å². The Balaban J connectivity index is 2.07. The van der Waals surface area contributed by atoms with Gasteiger partial charge in [-0.05, 0) is 24.3 Å². The zero-order chi connectivity index (χ0) is 19.4. The van der Waals surface area contributed by atoms with Gasteiger partial charge in [0.25, 0.3) is 15.9 Å². The number of sulfonamides is 1. The summed E-state index contributed by atoms with van der Waals surface area (Å²) in [6.45, 7) is 0. The van der Waals surface area contributed by atoms with Crippen molar-refractivity contribution in [1.82, 2.24) is 9.97 Å². The molecule has 1 aromatic heterocycles. The maximum atomic E-state index is 12.6. The zero-order valence-corrected chi connectivity index (χ0v) is 15.5. The van der Waals surface area contributed by atoms with Gasteiger partial charge in [-0.1, -0.05) is 30.3 Å². The fourth-order valence-electron chi connectivity index (χ4n) is 2.42. The number of nitrogens with two attached hydrogens (primary N) is 1. The molecule has 0 spiro atoms. The van der Waals surface area contributed by atoms with Gasteiger partial charge in [0.15, 0.2) is 0 Å². The van der Waals surface area contributed by atoms with E-state index in [1.54, 1.807) is 0 Å². The Labute approximate surface area is 157 Å². The van der Waals surface area contributed by atoms with Crippen LogP contribution < -0.4 is 19.9 Å². The number of hydrogen-bond acceptors (Lipinski definition) is 7. The average molecular weight is 386 g/mol. The van der Waals surface area contributed by atoms with Crippen molar-refractivity contribution in [2.75, 3.05) is 24.7 Å². The number of rotatable bonds is 6. The Bertz CT molecular complexity index is 1040. The Morgan fingerprint density at radius 2 is 1.59 bits per heavy atom. The van der Waals surface area contributed by atoms with Crippen molar-refractivity contribution in [2.45, 2.75) is 4.90 Å². The first-order valence-corrected chi connectivity index (χ1v) is 9.36. The van der Waals surface area contributed by atoms with E-state index >= 15 is 0 Å². The summed E-state index contributed by atoms with van der Waals surface area (Å²) in [6.07, 6.45) is 0. The summed E-state index contributed by atoms with van der Waals surface area (Å²) < 4.78 is 38.2. The molecule has 0 aliphatic carbocycles. The van der Waals surface area contributed by atoms with Crippen molar-refractivity contribution in [3.63, 3.8) is 0 Å². The second-order valence-electron chi connectivity index (χ2n) is 5.48. The van der Waals surface area contributed by atoms with Crippen LogP contribution in [-0.2, 0) is 10.0 Å². The first-order chi connectivity index (χ1) is 12.9. The minimum absolute atomic E-state index is 0.0383. The lowest BCUT2D eigenvalue weighted by Gasteiger charge is -2.14. The third-order valence-electron chi connectivity index (χ3n) is 3.70. The molecular formula is C18H18N4O4S. The van der Waals surface area contributed by atoms with E-state index < -0.39 is 10.0 Å². The molecule has 8 nitrogen and oxygen atoms in total. The SMILES string of the molecule is COc1nc(NS(=O)(=O)c2ccc(N)cc2)nc(-c2ccccc2)c1OC. The topological polar surface area (TPSA) is 116 Å². The molecule has 0 aliphatic rings. The predicted octanol–water partition coefficient (Wildman–Crippen LogP) is 2.54. The van der Waals surface area contributed by atoms with E-state index in [1.165, 1.54) is 38.5 Å². The highest BCUT2D eigenvalue weighted by Gasteiger charge is 2.21. The molecule has 140 valence electrons. The molecule has 0 amide bonds. The van der Waals surface area contributed by atoms with Gasteiger partial charge >= 0.3 is 0 Å². The van der Waals surface area contributed by atoms with E-state index in [1.807, 2.05) is 30.3 Å². The average Bonchev–Trinajstić information content (AvgIpc) is 2.68. The Kier molecular flexibility index (Phi) is 5.13. The molecule has 0 fully saturated rings.